The third-order valence-corrected chi connectivity index (χ3v) is 4.16. The predicted octanol–water partition coefficient (Wildman–Crippen LogP) is 2.27. The highest BCUT2D eigenvalue weighted by Gasteiger charge is 2.38. The number of hydrogen-bond acceptors (Lipinski definition) is 4. The summed E-state index contributed by atoms with van der Waals surface area (Å²) in [6.45, 7) is 5.84. The van der Waals surface area contributed by atoms with Gasteiger partial charge in [0.15, 0.2) is 17.7 Å². The molecule has 1 unspecified atom stereocenters. The predicted molar refractivity (Wildman–Crippen MR) is 93.6 cm³/mol. The first-order chi connectivity index (χ1) is 12.2. The number of carbonyl (C=O) groups is 1. The Morgan fingerprint density at radius 1 is 1.16 bits per heavy atom. The maximum atomic E-state index is 12.7. The monoisotopic (exact) mass is 342 g/mol. The molecule has 25 heavy (non-hydrogen) atoms. The summed E-state index contributed by atoms with van der Waals surface area (Å²) in [5.41, 5.74) is 0.981. The summed E-state index contributed by atoms with van der Waals surface area (Å²) >= 11 is 0. The molecule has 2 aromatic rings. The molecule has 1 amide bonds. The molecule has 1 fully saturated rings. The first-order valence-corrected chi connectivity index (χ1v) is 8.57. The summed E-state index contributed by atoms with van der Waals surface area (Å²) in [6, 6.07) is 11.0. The average molecular weight is 342 g/mol. The first kappa shape index (κ1) is 17.2. The zero-order valence-electron chi connectivity index (χ0n) is 14.5. The second-order valence-electron chi connectivity index (χ2n) is 5.61. The summed E-state index contributed by atoms with van der Waals surface area (Å²) in [5.74, 6) is -0.0915. The van der Waals surface area contributed by atoms with Gasteiger partial charge in [0.2, 0.25) is 5.43 Å². The Bertz CT molecular complexity index is 801. The van der Waals surface area contributed by atoms with Gasteiger partial charge < -0.3 is 18.9 Å². The minimum atomic E-state index is -0.279. The number of carbonyl (C=O) groups excluding carboxylic acids is 1. The van der Waals surface area contributed by atoms with Crippen molar-refractivity contribution in [2.24, 2.45) is 0 Å². The number of pyridine rings is 1. The number of nitrogens with zero attached hydrogens (tertiary/aromatic N) is 2. The van der Waals surface area contributed by atoms with E-state index in [2.05, 4.69) is 0 Å². The third kappa shape index (κ3) is 3.30. The van der Waals surface area contributed by atoms with Crippen LogP contribution in [0.4, 0.5) is 0 Å². The quantitative estimate of drug-likeness (QED) is 0.858. The maximum Gasteiger partial charge on any atom is 0.276 e. The van der Waals surface area contributed by atoms with E-state index in [4.69, 9.17) is 9.47 Å². The van der Waals surface area contributed by atoms with Crippen molar-refractivity contribution in [3.8, 4) is 5.75 Å². The summed E-state index contributed by atoms with van der Waals surface area (Å²) in [4.78, 5) is 26.6. The molecular weight excluding hydrogens is 320 g/mol. The lowest BCUT2D eigenvalue weighted by atomic mass is 10.2. The molecule has 2 aliphatic rings. The van der Waals surface area contributed by atoms with Crippen LogP contribution in [0.25, 0.3) is 0 Å². The van der Waals surface area contributed by atoms with Crippen molar-refractivity contribution >= 4 is 5.91 Å². The van der Waals surface area contributed by atoms with Crippen molar-refractivity contribution in [3.05, 3.63) is 64.1 Å². The molecule has 0 spiro atoms. The summed E-state index contributed by atoms with van der Waals surface area (Å²) in [7, 11) is 0. The van der Waals surface area contributed by atoms with E-state index in [1.165, 1.54) is 6.07 Å². The van der Waals surface area contributed by atoms with E-state index in [9.17, 15) is 9.59 Å². The maximum absolute atomic E-state index is 12.7. The Morgan fingerprint density at radius 2 is 1.92 bits per heavy atom. The van der Waals surface area contributed by atoms with Crippen LogP contribution >= 0.6 is 0 Å². The first-order valence-electron chi connectivity index (χ1n) is 8.57. The second kappa shape index (κ2) is 7.53. The lowest BCUT2D eigenvalue weighted by molar-refractivity contribution is 0.00833. The molecule has 0 bridgehead atoms. The molecule has 6 heteroatoms. The minimum Gasteiger partial charge on any atom is -0.483 e. The summed E-state index contributed by atoms with van der Waals surface area (Å²) in [6.07, 6.45) is 1.38. The van der Waals surface area contributed by atoms with Crippen molar-refractivity contribution in [1.29, 1.82) is 0 Å². The van der Waals surface area contributed by atoms with Crippen LogP contribution in [0.1, 0.15) is 29.9 Å². The van der Waals surface area contributed by atoms with Gasteiger partial charge in [0.25, 0.3) is 5.91 Å². The molecule has 3 heterocycles. The number of hydrogen-bond donors (Lipinski definition) is 0. The molecule has 1 atom stereocenters. The van der Waals surface area contributed by atoms with Gasteiger partial charge in [-0.3, -0.25) is 9.59 Å². The Morgan fingerprint density at radius 3 is 2.68 bits per heavy atom. The fourth-order valence-corrected chi connectivity index (χ4v) is 3.01. The Kier molecular flexibility index (Phi) is 5.19. The normalized spacial score (nSPS) is 18.1. The molecule has 0 N–H and O–H groups in total. The van der Waals surface area contributed by atoms with E-state index >= 15 is 0 Å². The zero-order valence-corrected chi connectivity index (χ0v) is 14.5. The number of rotatable bonds is 3. The fraction of sp³-hybridized carbons (Fsp3) is 0.368. The van der Waals surface area contributed by atoms with Crippen LogP contribution in [0.2, 0.25) is 0 Å². The molecular formula is C19H22N2O4. The molecule has 1 aromatic carbocycles. The van der Waals surface area contributed by atoms with Crippen molar-refractivity contribution in [3.63, 3.8) is 0 Å². The molecule has 132 valence electrons. The molecule has 6 nitrogen and oxygen atoms in total. The standard InChI is InChI=1S/C17H16N2O4.C2H6/c20-13-6-7-18-10-14-19(8-9-22-14)17(21)15(18)16(13)23-11-12-4-2-1-3-5-12;1-2/h1-7,14H,8-11H2;1-2H3. The van der Waals surface area contributed by atoms with Gasteiger partial charge in [0, 0.05) is 18.8 Å². The Labute approximate surface area is 146 Å². The van der Waals surface area contributed by atoms with Crippen LogP contribution in [-0.2, 0) is 17.9 Å². The lowest BCUT2D eigenvalue weighted by Crippen LogP contribution is -2.46. The van der Waals surface area contributed by atoms with E-state index in [0.717, 1.165) is 5.56 Å². The topological polar surface area (TPSA) is 60.8 Å². The largest absolute Gasteiger partial charge is 0.483 e. The van der Waals surface area contributed by atoms with Gasteiger partial charge in [-0.25, -0.2) is 0 Å². The SMILES string of the molecule is CC.O=C1c2c(OCc3ccccc3)c(=O)ccn2CC2OCCN12. The van der Waals surface area contributed by atoms with E-state index in [1.807, 2.05) is 44.2 Å². The highest BCUT2D eigenvalue weighted by Crippen LogP contribution is 2.26. The van der Waals surface area contributed by atoms with Crippen LogP contribution < -0.4 is 10.2 Å². The summed E-state index contributed by atoms with van der Waals surface area (Å²) in [5, 5.41) is 0. The molecule has 0 saturated carbocycles. The van der Waals surface area contributed by atoms with E-state index in [1.54, 1.807) is 15.7 Å². The van der Waals surface area contributed by atoms with Gasteiger partial charge in [-0.05, 0) is 5.56 Å². The molecule has 0 aliphatic carbocycles. The van der Waals surface area contributed by atoms with Gasteiger partial charge in [-0.1, -0.05) is 44.2 Å². The second-order valence-corrected chi connectivity index (χ2v) is 5.61. The molecule has 4 rings (SSSR count). The van der Waals surface area contributed by atoms with Gasteiger partial charge in [0.05, 0.1) is 13.2 Å². The smallest absolute Gasteiger partial charge is 0.276 e. The van der Waals surface area contributed by atoms with Crippen molar-refractivity contribution in [1.82, 2.24) is 9.47 Å². The third-order valence-electron chi connectivity index (χ3n) is 4.16. The highest BCUT2D eigenvalue weighted by atomic mass is 16.5. The van der Waals surface area contributed by atoms with Crippen molar-refractivity contribution in [2.45, 2.75) is 33.2 Å². The average Bonchev–Trinajstić information content (AvgIpc) is 3.13. The summed E-state index contributed by atoms with van der Waals surface area (Å²) < 4.78 is 13.0. The molecule has 1 aromatic heterocycles. The van der Waals surface area contributed by atoms with Crippen molar-refractivity contribution < 1.29 is 14.3 Å². The van der Waals surface area contributed by atoms with Gasteiger partial charge in [-0.2, -0.15) is 0 Å². The number of amides is 1. The van der Waals surface area contributed by atoms with Gasteiger partial charge in [0.1, 0.15) is 6.61 Å². The number of aromatic nitrogens is 1. The van der Waals surface area contributed by atoms with E-state index in [0.29, 0.717) is 25.4 Å². The lowest BCUT2D eigenvalue weighted by Gasteiger charge is -2.31. The molecule has 0 radical (unpaired) electrons. The van der Waals surface area contributed by atoms with Crippen LogP contribution in [0.15, 0.2) is 47.4 Å². The highest BCUT2D eigenvalue weighted by molar-refractivity contribution is 5.96. The van der Waals surface area contributed by atoms with Crippen LogP contribution in [0, 0.1) is 0 Å². The Hall–Kier alpha value is -2.60. The van der Waals surface area contributed by atoms with Crippen LogP contribution in [0.3, 0.4) is 0 Å². The van der Waals surface area contributed by atoms with Gasteiger partial charge >= 0.3 is 0 Å². The number of benzene rings is 1. The van der Waals surface area contributed by atoms with Crippen molar-refractivity contribution in [2.75, 3.05) is 13.2 Å². The van der Waals surface area contributed by atoms with Crippen LogP contribution in [0.5, 0.6) is 5.75 Å². The molecule has 2 aliphatic heterocycles. The minimum absolute atomic E-state index is 0.117. The van der Waals surface area contributed by atoms with Gasteiger partial charge in [-0.15, -0.1) is 0 Å². The Balaban J connectivity index is 0.000000880. The van der Waals surface area contributed by atoms with E-state index < -0.39 is 0 Å². The number of fused-ring (bicyclic) bond motifs is 2. The fourth-order valence-electron chi connectivity index (χ4n) is 3.01. The zero-order chi connectivity index (χ0) is 17.8. The molecule has 1 saturated heterocycles. The number of ether oxygens (including phenoxy) is 2. The van der Waals surface area contributed by atoms with E-state index in [-0.39, 0.29) is 29.9 Å². The van der Waals surface area contributed by atoms with Crippen LogP contribution in [-0.4, -0.2) is 34.8 Å².